The molecule has 1 aromatic heterocycles. The van der Waals surface area contributed by atoms with Gasteiger partial charge >= 0.3 is 0 Å². The van der Waals surface area contributed by atoms with Gasteiger partial charge in [-0.15, -0.1) is 0 Å². The Morgan fingerprint density at radius 1 is 1.26 bits per heavy atom. The average Bonchev–Trinajstić information content (AvgIpc) is 2.76. The lowest BCUT2D eigenvalue weighted by molar-refractivity contribution is 0.393. The Bertz CT molecular complexity index is 691. The smallest absolute Gasteiger partial charge is 0.141 e. The maximum atomic E-state index is 8.76. The highest BCUT2D eigenvalue weighted by Gasteiger charge is 2.11. The van der Waals surface area contributed by atoms with Crippen LogP contribution in [0.25, 0.3) is 17.2 Å². The van der Waals surface area contributed by atoms with Crippen molar-refractivity contribution < 1.29 is 4.52 Å². The van der Waals surface area contributed by atoms with Crippen molar-refractivity contribution >= 4 is 6.08 Å². The minimum Gasteiger partial charge on any atom is -0.361 e. The molecule has 19 heavy (non-hydrogen) atoms. The minimum absolute atomic E-state index is 0.0795. The molecule has 0 unspecified atom stereocenters. The van der Waals surface area contributed by atoms with Gasteiger partial charge in [-0.1, -0.05) is 23.4 Å². The van der Waals surface area contributed by atoms with E-state index in [1.165, 1.54) is 0 Å². The summed E-state index contributed by atoms with van der Waals surface area (Å²) in [5, 5.41) is 21.4. The molecular formula is C15H11N3O. The summed E-state index contributed by atoms with van der Waals surface area (Å²) in [6, 6.07) is 11.3. The first-order valence-electron chi connectivity index (χ1n) is 5.71. The number of nitrogens with zero attached hydrogens (tertiary/aromatic N) is 3. The molecule has 0 amide bonds. The molecule has 0 saturated carbocycles. The Balaban J connectivity index is 2.50. The molecule has 4 nitrogen and oxygen atoms in total. The van der Waals surface area contributed by atoms with Crippen molar-refractivity contribution in [2.75, 3.05) is 0 Å². The zero-order chi connectivity index (χ0) is 13.8. The van der Waals surface area contributed by atoms with Crippen molar-refractivity contribution in [1.29, 1.82) is 10.5 Å². The molecule has 0 aliphatic heterocycles. The molecule has 2 rings (SSSR count). The van der Waals surface area contributed by atoms with Gasteiger partial charge in [-0.05, 0) is 37.1 Å². The van der Waals surface area contributed by atoms with Crippen LogP contribution in [0.4, 0.5) is 0 Å². The molecule has 0 spiro atoms. The molecule has 4 heteroatoms. The third-order valence-electron chi connectivity index (χ3n) is 2.76. The second-order valence-corrected chi connectivity index (χ2v) is 4.11. The molecule has 0 bridgehead atoms. The van der Waals surface area contributed by atoms with Gasteiger partial charge in [0.05, 0.1) is 5.69 Å². The van der Waals surface area contributed by atoms with E-state index in [2.05, 4.69) is 5.16 Å². The molecular weight excluding hydrogens is 238 g/mol. The van der Waals surface area contributed by atoms with Crippen LogP contribution in [-0.4, -0.2) is 5.16 Å². The number of hydrogen-bond acceptors (Lipinski definition) is 4. The zero-order valence-electron chi connectivity index (χ0n) is 10.6. The Morgan fingerprint density at radius 2 is 2.00 bits per heavy atom. The van der Waals surface area contributed by atoms with Gasteiger partial charge in [-0.2, -0.15) is 10.5 Å². The van der Waals surface area contributed by atoms with E-state index in [9.17, 15) is 0 Å². The summed E-state index contributed by atoms with van der Waals surface area (Å²) < 4.78 is 5.14. The van der Waals surface area contributed by atoms with Crippen LogP contribution in [0.2, 0.25) is 0 Å². The first-order chi connectivity index (χ1) is 9.15. The lowest BCUT2D eigenvalue weighted by Crippen LogP contribution is -1.83. The normalized spacial score (nSPS) is 9.47. The van der Waals surface area contributed by atoms with Gasteiger partial charge in [-0.3, -0.25) is 0 Å². The predicted molar refractivity (Wildman–Crippen MR) is 70.6 cm³/mol. The van der Waals surface area contributed by atoms with Crippen molar-refractivity contribution in [3.63, 3.8) is 0 Å². The van der Waals surface area contributed by atoms with Gasteiger partial charge < -0.3 is 4.52 Å². The van der Waals surface area contributed by atoms with Crippen molar-refractivity contribution in [2.45, 2.75) is 13.8 Å². The molecule has 0 saturated heterocycles. The summed E-state index contributed by atoms with van der Waals surface area (Å²) in [4.78, 5) is 0. The van der Waals surface area contributed by atoms with Gasteiger partial charge in [-0.25, -0.2) is 0 Å². The molecule has 0 N–H and O–H groups in total. The second kappa shape index (κ2) is 5.20. The molecule has 0 aliphatic carbocycles. The maximum Gasteiger partial charge on any atom is 0.141 e. The number of aromatic nitrogens is 1. The van der Waals surface area contributed by atoms with Crippen LogP contribution in [0.5, 0.6) is 0 Å². The second-order valence-electron chi connectivity index (χ2n) is 4.11. The van der Waals surface area contributed by atoms with Crippen LogP contribution in [-0.2, 0) is 0 Å². The Labute approximate surface area is 111 Å². The van der Waals surface area contributed by atoms with Crippen LogP contribution in [0.15, 0.2) is 34.4 Å². The maximum absolute atomic E-state index is 8.76. The lowest BCUT2D eigenvalue weighted by Gasteiger charge is -2.01. The summed E-state index contributed by atoms with van der Waals surface area (Å²) in [6.45, 7) is 3.73. The molecule has 92 valence electrons. The van der Waals surface area contributed by atoms with E-state index >= 15 is 0 Å². The van der Waals surface area contributed by atoms with E-state index in [0.29, 0.717) is 0 Å². The van der Waals surface area contributed by atoms with Gasteiger partial charge in [0.15, 0.2) is 0 Å². The van der Waals surface area contributed by atoms with E-state index in [0.717, 1.165) is 28.1 Å². The number of hydrogen-bond donors (Lipinski definition) is 0. The Hall–Kier alpha value is -2.85. The van der Waals surface area contributed by atoms with Gasteiger partial charge in [0.2, 0.25) is 0 Å². The molecule has 1 heterocycles. The van der Waals surface area contributed by atoms with Gasteiger partial charge in [0, 0.05) is 5.56 Å². The largest absolute Gasteiger partial charge is 0.361 e. The lowest BCUT2D eigenvalue weighted by atomic mass is 10.0. The fraction of sp³-hybridized carbons (Fsp3) is 0.133. The van der Waals surface area contributed by atoms with E-state index in [1.807, 2.05) is 50.3 Å². The first-order valence-corrected chi connectivity index (χ1v) is 5.71. The van der Waals surface area contributed by atoms with Crippen molar-refractivity contribution in [3.05, 3.63) is 46.9 Å². The van der Waals surface area contributed by atoms with Crippen molar-refractivity contribution in [2.24, 2.45) is 0 Å². The molecule has 2 aromatic rings. The average molecular weight is 249 g/mol. The highest BCUT2D eigenvalue weighted by molar-refractivity contribution is 5.72. The van der Waals surface area contributed by atoms with Crippen LogP contribution in [0.1, 0.15) is 17.0 Å². The Kier molecular flexibility index (Phi) is 3.45. The first kappa shape index (κ1) is 12.6. The predicted octanol–water partition coefficient (Wildman–Crippen LogP) is 3.39. The number of nitriles is 2. The monoisotopic (exact) mass is 249 g/mol. The topological polar surface area (TPSA) is 73.6 Å². The zero-order valence-corrected chi connectivity index (χ0v) is 10.6. The van der Waals surface area contributed by atoms with E-state index in [4.69, 9.17) is 15.0 Å². The molecule has 0 fully saturated rings. The van der Waals surface area contributed by atoms with Crippen molar-refractivity contribution in [1.82, 2.24) is 5.16 Å². The van der Waals surface area contributed by atoms with Crippen LogP contribution < -0.4 is 0 Å². The summed E-state index contributed by atoms with van der Waals surface area (Å²) in [5.41, 5.74) is 3.61. The summed E-state index contributed by atoms with van der Waals surface area (Å²) in [7, 11) is 0. The number of aryl methyl sites for hydroxylation is 2. The standard InChI is InChI=1S/C15H11N3O/c1-10-15(11(2)19-18-10)14-5-3-4-12(7-14)6-13(8-16)9-17/h3-7H,1-2H3. The summed E-state index contributed by atoms with van der Waals surface area (Å²) >= 11 is 0. The van der Waals surface area contributed by atoms with Gasteiger partial charge in [0.1, 0.15) is 23.5 Å². The van der Waals surface area contributed by atoms with Crippen LogP contribution in [0.3, 0.4) is 0 Å². The van der Waals surface area contributed by atoms with Gasteiger partial charge in [0.25, 0.3) is 0 Å². The van der Waals surface area contributed by atoms with E-state index in [1.54, 1.807) is 6.08 Å². The fourth-order valence-electron chi connectivity index (χ4n) is 1.94. The van der Waals surface area contributed by atoms with E-state index in [-0.39, 0.29) is 5.57 Å². The SMILES string of the molecule is Cc1noc(C)c1-c1cccc(C=C(C#N)C#N)c1. The van der Waals surface area contributed by atoms with E-state index < -0.39 is 0 Å². The molecule has 0 atom stereocenters. The number of allylic oxidation sites excluding steroid dienone is 1. The Morgan fingerprint density at radius 3 is 2.58 bits per heavy atom. The van der Waals surface area contributed by atoms with Crippen LogP contribution >= 0.6 is 0 Å². The molecule has 1 aromatic carbocycles. The third kappa shape index (κ3) is 2.53. The van der Waals surface area contributed by atoms with Crippen molar-refractivity contribution in [3.8, 4) is 23.3 Å². The highest BCUT2D eigenvalue weighted by atomic mass is 16.5. The fourth-order valence-corrected chi connectivity index (χ4v) is 1.94. The summed E-state index contributed by atoms with van der Waals surface area (Å²) in [6.07, 6.45) is 1.56. The minimum atomic E-state index is 0.0795. The number of benzene rings is 1. The quantitative estimate of drug-likeness (QED) is 0.764. The number of rotatable bonds is 2. The van der Waals surface area contributed by atoms with Crippen LogP contribution in [0, 0.1) is 36.5 Å². The molecule has 0 radical (unpaired) electrons. The highest BCUT2D eigenvalue weighted by Crippen LogP contribution is 2.27. The summed E-state index contributed by atoms with van der Waals surface area (Å²) in [5.74, 6) is 0.749. The third-order valence-corrected chi connectivity index (χ3v) is 2.76. The molecule has 0 aliphatic rings.